The summed E-state index contributed by atoms with van der Waals surface area (Å²) in [7, 11) is 1.98. The molecule has 2 aliphatic rings. The molecule has 0 saturated carbocycles. The first kappa shape index (κ1) is 15.5. The van der Waals surface area contributed by atoms with Gasteiger partial charge in [0, 0.05) is 19.6 Å². The van der Waals surface area contributed by atoms with E-state index in [9.17, 15) is 4.79 Å². The number of carbonyl (C=O) groups excluding carboxylic acids is 1. The van der Waals surface area contributed by atoms with Crippen LogP contribution in [0.15, 0.2) is 30.3 Å². The van der Waals surface area contributed by atoms with E-state index < -0.39 is 0 Å². The summed E-state index contributed by atoms with van der Waals surface area (Å²) in [5.41, 5.74) is 1.50. The molecular weight excluding hydrogens is 272 g/mol. The van der Waals surface area contributed by atoms with Crippen molar-refractivity contribution >= 4 is 5.91 Å². The molecule has 2 aliphatic heterocycles. The summed E-state index contributed by atoms with van der Waals surface area (Å²) in [5, 5.41) is 0. The van der Waals surface area contributed by atoms with Crippen LogP contribution in [-0.2, 0) is 4.79 Å². The number of piperidine rings is 2. The smallest absolute Gasteiger partial charge is 0.229 e. The van der Waals surface area contributed by atoms with Gasteiger partial charge < -0.3 is 9.80 Å². The fourth-order valence-corrected chi connectivity index (χ4v) is 4.25. The molecule has 3 rings (SSSR count). The van der Waals surface area contributed by atoms with Gasteiger partial charge in [-0.3, -0.25) is 4.79 Å². The minimum atomic E-state index is 0.0468. The molecule has 0 radical (unpaired) electrons. The molecule has 1 aromatic carbocycles. The normalized spacial score (nSPS) is 25.9. The lowest BCUT2D eigenvalue weighted by molar-refractivity contribution is -0.139. The molecule has 1 atom stereocenters. The third-order valence-corrected chi connectivity index (χ3v) is 5.67. The first-order valence-electron chi connectivity index (χ1n) is 8.55. The third-order valence-electron chi connectivity index (χ3n) is 5.67. The summed E-state index contributed by atoms with van der Waals surface area (Å²) < 4.78 is 0. The van der Waals surface area contributed by atoms with Gasteiger partial charge in [0.15, 0.2) is 0 Å². The minimum Gasteiger partial charge on any atom is -0.345 e. The lowest BCUT2D eigenvalue weighted by Gasteiger charge is -2.49. The molecule has 3 heteroatoms. The van der Waals surface area contributed by atoms with Crippen molar-refractivity contribution < 1.29 is 4.79 Å². The first-order chi connectivity index (χ1) is 10.5. The molecule has 2 fully saturated rings. The second kappa shape index (κ2) is 6.04. The Balaban J connectivity index is 1.79. The topological polar surface area (TPSA) is 23.6 Å². The summed E-state index contributed by atoms with van der Waals surface area (Å²) in [6.07, 6.45) is 3.45. The van der Waals surface area contributed by atoms with E-state index in [-0.39, 0.29) is 5.92 Å². The first-order valence-corrected chi connectivity index (χ1v) is 8.55. The van der Waals surface area contributed by atoms with Crippen molar-refractivity contribution in [1.29, 1.82) is 0 Å². The van der Waals surface area contributed by atoms with E-state index in [1.165, 1.54) is 31.5 Å². The minimum absolute atomic E-state index is 0.0468. The van der Waals surface area contributed by atoms with Crippen LogP contribution in [-0.4, -0.2) is 48.4 Å². The third kappa shape index (κ3) is 2.91. The molecule has 0 N–H and O–H groups in total. The largest absolute Gasteiger partial charge is 0.345 e. The molecule has 2 saturated heterocycles. The van der Waals surface area contributed by atoms with Crippen LogP contribution in [0.2, 0.25) is 0 Å². The Morgan fingerprint density at radius 1 is 1.14 bits per heavy atom. The molecule has 2 heterocycles. The van der Waals surface area contributed by atoms with Gasteiger partial charge in [-0.25, -0.2) is 0 Å². The highest BCUT2D eigenvalue weighted by Crippen LogP contribution is 2.45. The fraction of sp³-hybridized carbons (Fsp3) is 0.632. The molecule has 0 bridgehead atoms. The Bertz CT molecular complexity index is 517. The molecule has 120 valence electrons. The van der Waals surface area contributed by atoms with E-state index in [0.717, 1.165) is 13.0 Å². The van der Waals surface area contributed by atoms with Gasteiger partial charge in [-0.1, -0.05) is 30.3 Å². The van der Waals surface area contributed by atoms with Gasteiger partial charge in [-0.05, 0) is 57.2 Å². The standard InChI is InChI=1S/C19H28N2O/c1-15(2)21-11-9-19(10-12-21)13-17(18(22)20(3)14-19)16-7-5-4-6-8-16/h4-8,15,17H,9-14H2,1-3H3/t17-/m1/s1. The second-order valence-corrected chi connectivity index (χ2v) is 7.49. The Labute approximate surface area is 134 Å². The Kier molecular flexibility index (Phi) is 4.26. The van der Waals surface area contributed by atoms with Crippen molar-refractivity contribution in [2.45, 2.75) is 45.1 Å². The summed E-state index contributed by atoms with van der Waals surface area (Å²) in [5.74, 6) is 0.341. The quantitative estimate of drug-likeness (QED) is 0.838. The monoisotopic (exact) mass is 300 g/mol. The highest BCUT2D eigenvalue weighted by Gasteiger charge is 2.45. The second-order valence-electron chi connectivity index (χ2n) is 7.49. The predicted octanol–water partition coefficient (Wildman–Crippen LogP) is 3.12. The highest BCUT2D eigenvalue weighted by atomic mass is 16.2. The fourth-order valence-electron chi connectivity index (χ4n) is 4.25. The van der Waals surface area contributed by atoms with Crippen LogP contribution in [0, 0.1) is 5.41 Å². The van der Waals surface area contributed by atoms with Gasteiger partial charge in [0.1, 0.15) is 0 Å². The Hall–Kier alpha value is -1.35. The van der Waals surface area contributed by atoms with Crippen LogP contribution in [0.4, 0.5) is 0 Å². The molecule has 0 aromatic heterocycles. The SMILES string of the molecule is CC(C)N1CCC2(CC1)C[C@H](c1ccccc1)C(=O)N(C)C2. The highest BCUT2D eigenvalue weighted by molar-refractivity contribution is 5.84. The van der Waals surface area contributed by atoms with E-state index in [1.54, 1.807) is 0 Å². The number of carbonyl (C=O) groups is 1. The van der Waals surface area contributed by atoms with Crippen molar-refractivity contribution in [3.05, 3.63) is 35.9 Å². The zero-order valence-corrected chi connectivity index (χ0v) is 14.1. The van der Waals surface area contributed by atoms with E-state index in [2.05, 4.69) is 30.9 Å². The summed E-state index contributed by atoms with van der Waals surface area (Å²) >= 11 is 0. The maximum atomic E-state index is 12.6. The number of amides is 1. The van der Waals surface area contributed by atoms with Crippen LogP contribution in [0.5, 0.6) is 0 Å². The molecule has 0 unspecified atom stereocenters. The molecule has 1 amide bonds. The zero-order valence-electron chi connectivity index (χ0n) is 14.1. The summed E-state index contributed by atoms with van der Waals surface area (Å²) in [4.78, 5) is 17.2. The average Bonchev–Trinajstić information content (AvgIpc) is 2.52. The van der Waals surface area contributed by atoms with E-state index >= 15 is 0 Å². The predicted molar refractivity (Wildman–Crippen MR) is 89.8 cm³/mol. The number of rotatable bonds is 2. The van der Waals surface area contributed by atoms with Crippen molar-refractivity contribution in [1.82, 2.24) is 9.80 Å². The van der Waals surface area contributed by atoms with Crippen molar-refractivity contribution in [3.8, 4) is 0 Å². The van der Waals surface area contributed by atoms with Gasteiger partial charge >= 0.3 is 0 Å². The van der Waals surface area contributed by atoms with Crippen LogP contribution in [0.25, 0.3) is 0 Å². The van der Waals surface area contributed by atoms with E-state index in [1.807, 2.05) is 30.1 Å². The van der Waals surface area contributed by atoms with Crippen LogP contribution in [0.1, 0.15) is 44.6 Å². The van der Waals surface area contributed by atoms with Gasteiger partial charge in [0.2, 0.25) is 5.91 Å². The Morgan fingerprint density at radius 3 is 2.36 bits per heavy atom. The maximum absolute atomic E-state index is 12.6. The molecule has 0 aliphatic carbocycles. The number of hydrogen-bond donors (Lipinski definition) is 0. The zero-order chi connectivity index (χ0) is 15.7. The van der Waals surface area contributed by atoms with Gasteiger partial charge in [-0.2, -0.15) is 0 Å². The van der Waals surface area contributed by atoms with Crippen molar-refractivity contribution in [2.24, 2.45) is 5.41 Å². The van der Waals surface area contributed by atoms with Gasteiger partial charge in [0.05, 0.1) is 5.92 Å². The molecule has 3 nitrogen and oxygen atoms in total. The lowest BCUT2D eigenvalue weighted by atomic mass is 9.67. The maximum Gasteiger partial charge on any atom is 0.229 e. The Morgan fingerprint density at radius 2 is 1.77 bits per heavy atom. The van der Waals surface area contributed by atoms with Gasteiger partial charge in [-0.15, -0.1) is 0 Å². The van der Waals surface area contributed by atoms with Crippen LogP contribution >= 0.6 is 0 Å². The summed E-state index contributed by atoms with van der Waals surface area (Å²) in [6.45, 7) is 7.83. The average molecular weight is 300 g/mol. The number of likely N-dealkylation sites (tertiary alicyclic amines) is 2. The van der Waals surface area contributed by atoms with Gasteiger partial charge in [0.25, 0.3) is 0 Å². The van der Waals surface area contributed by atoms with Crippen molar-refractivity contribution in [2.75, 3.05) is 26.7 Å². The van der Waals surface area contributed by atoms with E-state index in [0.29, 0.717) is 17.4 Å². The summed E-state index contributed by atoms with van der Waals surface area (Å²) in [6, 6.07) is 11.0. The number of benzene rings is 1. The molecule has 22 heavy (non-hydrogen) atoms. The molecule has 1 spiro atoms. The molecular formula is C19H28N2O. The lowest BCUT2D eigenvalue weighted by Crippen LogP contribution is -2.53. The molecule has 1 aromatic rings. The van der Waals surface area contributed by atoms with E-state index in [4.69, 9.17) is 0 Å². The number of likely N-dealkylation sites (N-methyl/N-ethyl adjacent to an activating group) is 1. The number of nitrogens with zero attached hydrogens (tertiary/aromatic N) is 2. The number of hydrogen-bond acceptors (Lipinski definition) is 2. The van der Waals surface area contributed by atoms with Crippen LogP contribution in [0.3, 0.4) is 0 Å². The van der Waals surface area contributed by atoms with Crippen LogP contribution < -0.4 is 0 Å². The van der Waals surface area contributed by atoms with Crippen molar-refractivity contribution in [3.63, 3.8) is 0 Å².